The number of anilines is 1. The van der Waals surface area contributed by atoms with Gasteiger partial charge in [0.2, 0.25) is 0 Å². The summed E-state index contributed by atoms with van der Waals surface area (Å²) < 4.78 is 0. The van der Waals surface area contributed by atoms with Crippen molar-refractivity contribution in [2.45, 2.75) is 6.92 Å². The molecule has 1 saturated heterocycles. The molecular formula is C17H17N5O. The Morgan fingerprint density at radius 1 is 1.17 bits per heavy atom. The van der Waals surface area contributed by atoms with Gasteiger partial charge in [-0.3, -0.25) is 9.78 Å². The zero-order chi connectivity index (χ0) is 16.2. The van der Waals surface area contributed by atoms with Crippen molar-refractivity contribution in [2.24, 2.45) is 0 Å². The summed E-state index contributed by atoms with van der Waals surface area (Å²) in [6.45, 7) is 4.56. The number of carbonyl (C=O) groups excluding carboxylic acids is 1. The molecule has 3 heterocycles. The SMILES string of the molecule is Cc1ccc(C(=O)N2CCN(c3cc(C#N)ccn3)CC2)cn1. The van der Waals surface area contributed by atoms with Crippen LogP contribution in [0.15, 0.2) is 36.7 Å². The Bertz CT molecular complexity index is 742. The molecule has 0 aliphatic carbocycles. The topological polar surface area (TPSA) is 73.1 Å². The Balaban J connectivity index is 1.65. The highest BCUT2D eigenvalue weighted by Crippen LogP contribution is 2.16. The number of rotatable bonds is 2. The van der Waals surface area contributed by atoms with E-state index in [-0.39, 0.29) is 5.91 Å². The molecule has 1 aliphatic heterocycles. The minimum Gasteiger partial charge on any atom is -0.353 e. The molecule has 0 N–H and O–H groups in total. The monoisotopic (exact) mass is 307 g/mol. The number of hydrogen-bond donors (Lipinski definition) is 0. The van der Waals surface area contributed by atoms with E-state index in [9.17, 15) is 4.79 Å². The van der Waals surface area contributed by atoms with E-state index >= 15 is 0 Å². The molecule has 6 heteroatoms. The molecule has 2 aromatic rings. The number of carbonyl (C=O) groups is 1. The van der Waals surface area contributed by atoms with Crippen LogP contribution in [-0.4, -0.2) is 47.0 Å². The van der Waals surface area contributed by atoms with E-state index in [0.29, 0.717) is 37.3 Å². The highest BCUT2D eigenvalue weighted by atomic mass is 16.2. The maximum atomic E-state index is 12.5. The van der Waals surface area contributed by atoms with Crippen molar-refractivity contribution in [1.29, 1.82) is 5.26 Å². The van der Waals surface area contributed by atoms with Crippen molar-refractivity contribution >= 4 is 11.7 Å². The largest absolute Gasteiger partial charge is 0.353 e. The molecule has 0 radical (unpaired) electrons. The van der Waals surface area contributed by atoms with Gasteiger partial charge in [-0.15, -0.1) is 0 Å². The predicted molar refractivity (Wildman–Crippen MR) is 86.0 cm³/mol. The van der Waals surface area contributed by atoms with E-state index in [1.165, 1.54) is 0 Å². The first-order valence-corrected chi connectivity index (χ1v) is 7.50. The number of amides is 1. The third kappa shape index (κ3) is 3.29. The van der Waals surface area contributed by atoms with Gasteiger partial charge in [-0.2, -0.15) is 5.26 Å². The van der Waals surface area contributed by atoms with E-state index in [1.54, 1.807) is 24.5 Å². The molecule has 0 unspecified atom stereocenters. The highest BCUT2D eigenvalue weighted by Gasteiger charge is 2.23. The average Bonchev–Trinajstić information content (AvgIpc) is 2.62. The molecule has 0 atom stereocenters. The van der Waals surface area contributed by atoms with Gasteiger partial charge in [0, 0.05) is 44.3 Å². The van der Waals surface area contributed by atoms with Gasteiger partial charge in [0.05, 0.1) is 17.2 Å². The zero-order valence-corrected chi connectivity index (χ0v) is 12.9. The molecule has 1 aliphatic rings. The van der Waals surface area contributed by atoms with Crippen molar-refractivity contribution in [3.63, 3.8) is 0 Å². The normalized spacial score (nSPS) is 14.4. The van der Waals surface area contributed by atoms with Gasteiger partial charge in [-0.05, 0) is 31.2 Å². The van der Waals surface area contributed by atoms with Crippen LogP contribution < -0.4 is 4.90 Å². The summed E-state index contributed by atoms with van der Waals surface area (Å²) in [6, 6.07) is 9.25. The maximum Gasteiger partial charge on any atom is 0.255 e. The second-order valence-electron chi connectivity index (χ2n) is 5.48. The number of aryl methyl sites for hydroxylation is 1. The summed E-state index contributed by atoms with van der Waals surface area (Å²) in [5.41, 5.74) is 2.11. The summed E-state index contributed by atoms with van der Waals surface area (Å²) in [5, 5.41) is 8.97. The minimum atomic E-state index is 0.0101. The van der Waals surface area contributed by atoms with Crippen molar-refractivity contribution in [1.82, 2.24) is 14.9 Å². The highest BCUT2D eigenvalue weighted by molar-refractivity contribution is 5.94. The van der Waals surface area contributed by atoms with Gasteiger partial charge in [0.25, 0.3) is 5.91 Å². The first-order chi connectivity index (χ1) is 11.2. The lowest BCUT2D eigenvalue weighted by Crippen LogP contribution is -2.49. The lowest BCUT2D eigenvalue weighted by Gasteiger charge is -2.35. The number of nitrogens with zero attached hydrogens (tertiary/aromatic N) is 5. The minimum absolute atomic E-state index is 0.0101. The molecule has 6 nitrogen and oxygen atoms in total. The Hall–Kier alpha value is -2.94. The zero-order valence-electron chi connectivity index (χ0n) is 12.9. The van der Waals surface area contributed by atoms with Crippen LogP contribution in [0.1, 0.15) is 21.6 Å². The quantitative estimate of drug-likeness (QED) is 0.843. The first kappa shape index (κ1) is 15.0. The predicted octanol–water partition coefficient (Wildman–Crippen LogP) is 1.62. The van der Waals surface area contributed by atoms with Gasteiger partial charge >= 0.3 is 0 Å². The third-order valence-electron chi connectivity index (χ3n) is 3.92. The average molecular weight is 307 g/mol. The molecule has 116 valence electrons. The van der Waals surface area contributed by atoms with E-state index < -0.39 is 0 Å². The van der Waals surface area contributed by atoms with Crippen LogP contribution in [0.2, 0.25) is 0 Å². The summed E-state index contributed by atoms with van der Waals surface area (Å²) in [6.07, 6.45) is 3.27. The number of piperazine rings is 1. The second-order valence-corrected chi connectivity index (χ2v) is 5.48. The Labute approximate surface area is 135 Å². The van der Waals surface area contributed by atoms with Crippen LogP contribution in [0, 0.1) is 18.3 Å². The molecule has 1 fully saturated rings. The van der Waals surface area contributed by atoms with Crippen LogP contribution in [0.4, 0.5) is 5.82 Å². The maximum absolute atomic E-state index is 12.5. The smallest absolute Gasteiger partial charge is 0.255 e. The Kier molecular flexibility index (Phi) is 4.20. The van der Waals surface area contributed by atoms with Crippen LogP contribution in [0.3, 0.4) is 0 Å². The fourth-order valence-electron chi connectivity index (χ4n) is 2.58. The molecule has 0 spiro atoms. The molecule has 23 heavy (non-hydrogen) atoms. The lowest BCUT2D eigenvalue weighted by molar-refractivity contribution is 0.0746. The van der Waals surface area contributed by atoms with Gasteiger partial charge in [-0.1, -0.05) is 0 Å². The third-order valence-corrected chi connectivity index (χ3v) is 3.92. The van der Waals surface area contributed by atoms with E-state index in [4.69, 9.17) is 5.26 Å². The number of pyridine rings is 2. The molecule has 0 saturated carbocycles. The lowest BCUT2D eigenvalue weighted by atomic mass is 10.2. The Morgan fingerprint density at radius 2 is 1.96 bits per heavy atom. The van der Waals surface area contributed by atoms with E-state index in [1.807, 2.05) is 24.0 Å². The summed E-state index contributed by atoms with van der Waals surface area (Å²) in [7, 11) is 0. The summed E-state index contributed by atoms with van der Waals surface area (Å²) in [4.78, 5) is 24.9. The van der Waals surface area contributed by atoms with Crippen molar-refractivity contribution in [3.05, 3.63) is 53.5 Å². The standard InChI is InChI=1S/C17H17N5O/c1-13-2-3-15(12-20-13)17(23)22-8-6-21(7-9-22)16-10-14(11-18)4-5-19-16/h2-5,10,12H,6-9H2,1H3. The van der Waals surface area contributed by atoms with E-state index in [2.05, 4.69) is 20.9 Å². The number of aromatic nitrogens is 2. The van der Waals surface area contributed by atoms with Crippen LogP contribution in [0.25, 0.3) is 0 Å². The number of hydrogen-bond acceptors (Lipinski definition) is 5. The molecule has 3 rings (SSSR count). The van der Waals surface area contributed by atoms with Crippen molar-refractivity contribution in [2.75, 3.05) is 31.1 Å². The fourth-order valence-corrected chi connectivity index (χ4v) is 2.58. The molecule has 1 amide bonds. The second kappa shape index (κ2) is 6.44. The van der Waals surface area contributed by atoms with Crippen molar-refractivity contribution in [3.8, 4) is 6.07 Å². The fraction of sp³-hybridized carbons (Fsp3) is 0.294. The summed E-state index contributed by atoms with van der Waals surface area (Å²) >= 11 is 0. The van der Waals surface area contributed by atoms with E-state index in [0.717, 1.165) is 11.5 Å². The van der Waals surface area contributed by atoms with Crippen LogP contribution in [-0.2, 0) is 0 Å². The Morgan fingerprint density at radius 3 is 2.61 bits per heavy atom. The van der Waals surface area contributed by atoms with Gasteiger partial charge in [0.1, 0.15) is 5.82 Å². The van der Waals surface area contributed by atoms with Gasteiger partial charge in [-0.25, -0.2) is 4.98 Å². The molecule has 2 aromatic heterocycles. The first-order valence-electron chi connectivity index (χ1n) is 7.50. The van der Waals surface area contributed by atoms with Crippen LogP contribution in [0.5, 0.6) is 0 Å². The van der Waals surface area contributed by atoms with Crippen LogP contribution >= 0.6 is 0 Å². The molecule has 0 bridgehead atoms. The van der Waals surface area contributed by atoms with Gasteiger partial charge in [0.15, 0.2) is 0 Å². The molecule has 0 aromatic carbocycles. The molecular weight excluding hydrogens is 290 g/mol. The summed E-state index contributed by atoms with van der Waals surface area (Å²) in [5.74, 6) is 0.795. The number of nitriles is 1. The van der Waals surface area contributed by atoms with Gasteiger partial charge < -0.3 is 9.80 Å². The van der Waals surface area contributed by atoms with Crippen molar-refractivity contribution < 1.29 is 4.79 Å².